The molecule has 18 heteroatoms. The highest BCUT2D eigenvalue weighted by Crippen LogP contribution is 2.49. The van der Waals surface area contributed by atoms with E-state index in [1.165, 1.54) is 30.3 Å². The lowest BCUT2D eigenvalue weighted by Gasteiger charge is -2.35. The molecular formula is C41H54F3N5O9S. The van der Waals surface area contributed by atoms with E-state index in [0.29, 0.717) is 50.8 Å². The van der Waals surface area contributed by atoms with Crippen molar-refractivity contribution >= 4 is 44.6 Å². The lowest BCUT2D eigenvalue weighted by molar-refractivity contribution is -0.152. The molecule has 0 radical (unpaired) electrons. The fraction of sp³-hybridized carbons (Fsp3) is 0.634. The summed E-state index contributed by atoms with van der Waals surface area (Å²) in [4.78, 5) is 62.2. The number of allylic oxidation sites excluding steroid dienone is 1. The number of amides is 4. The lowest BCUT2D eigenvalue weighted by atomic mass is 9.88. The molecule has 6 rings (SSSR count). The van der Waals surface area contributed by atoms with E-state index in [0.717, 1.165) is 13.8 Å². The summed E-state index contributed by atoms with van der Waals surface area (Å²) in [7, 11) is -2.71. The van der Waals surface area contributed by atoms with E-state index in [4.69, 9.17) is 14.2 Å². The van der Waals surface area contributed by atoms with Gasteiger partial charge in [-0.05, 0) is 82.8 Å². The van der Waals surface area contributed by atoms with Crippen molar-refractivity contribution in [3.63, 3.8) is 0 Å². The third-order valence-corrected chi connectivity index (χ3v) is 14.9. The maximum atomic E-state index is 14.8. The van der Waals surface area contributed by atoms with Crippen LogP contribution in [0.3, 0.4) is 0 Å². The molecule has 1 aromatic carbocycles. The van der Waals surface area contributed by atoms with Crippen LogP contribution in [-0.4, -0.2) is 95.8 Å². The molecule has 2 saturated carbocycles. The van der Waals surface area contributed by atoms with E-state index in [2.05, 4.69) is 20.3 Å². The molecule has 1 saturated heterocycles. The number of nitrogens with zero attached hydrogens (tertiary/aromatic N) is 2. The zero-order valence-electron chi connectivity index (χ0n) is 34.4. The number of halogens is 3. The van der Waals surface area contributed by atoms with Crippen LogP contribution in [0.4, 0.5) is 18.0 Å². The predicted octanol–water partition coefficient (Wildman–Crippen LogP) is 5.54. The summed E-state index contributed by atoms with van der Waals surface area (Å²) in [6.07, 6.45) is 5.55. The average molecular weight is 850 g/mol. The quantitative estimate of drug-likeness (QED) is 0.257. The van der Waals surface area contributed by atoms with Gasteiger partial charge in [0.15, 0.2) is 5.60 Å². The number of fused-ring (bicyclic) bond motifs is 3. The Bertz CT molecular complexity index is 2130. The molecule has 4 amide bonds. The van der Waals surface area contributed by atoms with Crippen LogP contribution in [-0.2, 0) is 29.1 Å². The first-order valence-corrected chi connectivity index (χ1v) is 21.6. The van der Waals surface area contributed by atoms with Crippen LogP contribution < -0.4 is 24.8 Å². The second-order valence-corrected chi connectivity index (χ2v) is 19.4. The number of nitrogens with one attached hydrogen (secondary N) is 3. The van der Waals surface area contributed by atoms with E-state index in [9.17, 15) is 40.8 Å². The Morgan fingerprint density at radius 1 is 1.10 bits per heavy atom. The highest BCUT2D eigenvalue weighted by atomic mass is 32.2. The molecule has 4 aliphatic rings. The molecule has 2 aromatic rings. The molecule has 324 valence electrons. The van der Waals surface area contributed by atoms with Crippen LogP contribution in [0.2, 0.25) is 0 Å². The van der Waals surface area contributed by atoms with Crippen molar-refractivity contribution in [1.29, 1.82) is 0 Å². The van der Waals surface area contributed by atoms with Crippen LogP contribution in [0.1, 0.15) is 92.9 Å². The predicted molar refractivity (Wildman–Crippen MR) is 211 cm³/mol. The fourth-order valence-corrected chi connectivity index (χ4v) is 9.84. The van der Waals surface area contributed by atoms with Crippen LogP contribution in [0.5, 0.6) is 11.6 Å². The number of rotatable bonds is 10. The molecule has 3 N–H and O–H groups in total. The van der Waals surface area contributed by atoms with Crippen LogP contribution in [0, 0.1) is 23.6 Å². The van der Waals surface area contributed by atoms with Gasteiger partial charge in [-0.1, -0.05) is 32.9 Å². The van der Waals surface area contributed by atoms with Gasteiger partial charge in [0.1, 0.15) is 35.3 Å². The number of alkyl halides is 2. The summed E-state index contributed by atoms with van der Waals surface area (Å²) in [5, 5.41) is 6.07. The summed E-state index contributed by atoms with van der Waals surface area (Å²) in [6, 6.07) is 1.32. The number of benzene rings is 1. The Hall–Kier alpha value is -4.61. The van der Waals surface area contributed by atoms with Crippen molar-refractivity contribution in [2.24, 2.45) is 17.8 Å². The Labute approximate surface area is 342 Å². The lowest BCUT2D eigenvalue weighted by Crippen LogP contribution is -2.60. The minimum atomic E-state index is -4.09. The molecule has 3 fully saturated rings. The summed E-state index contributed by atoms with van der Waals surface area (Å²) in [5.74, 6) is -7.42. The SMILES string of the molecule is CCC1(S(=O)(=O)NC(=O)[C@@]23C[C@H]2/C=C\CC[C@@H](C)C[C@@H](C)[C@H](NC(=O)OC(C)(C)C(C)(F)F)C(=O)N2C[C@H](Oc4nccc5c(OC)cc(F)cc45)C[C@H]2C(=O)N3)CC1. The average Bonchev–Trinajstić information content (AvgIpc) is 4.06. The van der Waals surface area contributed by atoms with Gasteiger partial charge in [-0.15, -0.1) is 0 Å². The Balaban J connectivity index is 1.37. The molecule has 1 aromatic heterocycles. The summed E-state index contributed by atoms with van der Waals surface area (Å²) >= 11 is 0. The van der Waals surface area contributed by atoms with Gasteiger partial charge in [0, 0.05) is 36.9 Å². The van der Waals surface area contributed by atoms with Crippen molar-refractivity contribution in [3.05, 3.63) is 42.4 Å². The number of hydrogen-bond donors (Lipinski definition) is 3. The third kappa shape index (κ3) is 8.83. The van der Waals surface area contributed by atoms with Gasteiger partial charge in [0.2, 0.25) is 27.7 Å². The Kier molecular flexibility index (Phi) is 12.0. The second-order valence-electron chi connectivity index (χ2n) is 17.3. The minimum absolute atomic E-state index is 0.00877. The van der Waals surface area contributed by atoms with Gasteiger partial charge < -0.3 is 29.7 Å². The molecule has 14 nitrogen and oxygen atoms in total. The number of alkyl carbamates (subject to hydrolysis) is 1. The van der Waals surface area contributed by atoms with Crippen molar-refractivity contribution in [2.45, 2.75) is 133 Å². The molecule has 2 aliphatic heterocycles. The molecule has 2 aliphatic carbocycles. The summed E-state index contributed by atoms with van der Waals surface area (Å²) < 4.78 is 88.4. The third-order valence-electron chi connectivity index (χ3n) is 12.6. The van der Waals surface area contributed by atoms with E-state index >= 15 is 0 Å². The largest absolute Gasteiger partial charge is 0.496 e. The van der Waals surface area contributed by atoms with Gasteiger partial charge in [-0.2, -0.15) is 0 Å². The monoisotopic (exact) mass is 849 g/mol. The maximum Gasteiger partial charge on any atom is 0.408 e. The van der Waals surface area contributed by atoms with Crippen molar-refractivity contribution in [2.75, 3.05) is 13.7 Å². The smallest absolute Gasteiger partial charge is 0.408 e. The first-order valence-electron chi connectivity index (χ1n) is 20.1. The van der Waals surface area contributed by atoms with Crippen LogP contribution >= 0.6 is 0 Å². The number of pyridine rings is 1. The number of methoxy groups -OCH3 is 1. The van der Waals surface area contributed by atoms with E-state index < -0.39 is 91.5 Å². The topological polar surface area (TPSA) is 182 Å². The van der Waals surface area contributed by atoms with Crippen LogP contribution in [0.15, 0.2) is 36.5 Å². The molecular weight excluding hydrogens is 796 g/mol. The van der Waals surface area contributed by atoms with E-state index in [-0.39, 0.29) is 42.3 Å². The number of aromatic nitrogens is 1. The van der Waals surface area contributed by atoms with Crippen molar-refractivity contribution < 1.29 is 55.0 Å². The number of carbonyl (C=O) groups is 4. The van der Waals surface area contributed by atoms with Crippen molar-refractivity contribution in [3.8, 4) is 11.6 Å². The summed E-state index contributed by atoms with van der Waals surface area (Å²) in [5.41, 5.74) is -3.90. The summed E-state index contributed by atoms with van der Waals surface area (Å²) in [6.45, 7) is 7.88. The van der Waals surface area contributed by atoms with Gasteiger partial charge in [-0.3, -0.25) is 19.1 Å². The number of sulfonamides is 1. The maximum absolute atomic E-state index is 14.8. The molecule has 7 atom stereocenters. The molecule has 3 heterocycles. The molecule has 0 spiro atoms. The standard InChI is InChI=1S/C41H54F3N5O9S/c1-8-40(14-15-40)59(54,55)48-36(52)41-21-25(41)12-10-9-11-23(2)17-24(3)32(46-37(53)58-38(4,5)39(6,43)44)35(51)49-22-27(20-30(49)33(50)47-41)57-34-29-18-26(42)19-31(56-7)28(29)13-16-45-34/h10,12-13,16,18-19,23-25,27,30,32H,8-9,11,14-15,17,20-22H2,1-7H3,(H,46,53)(H,47,50)(H,48,52)/b12-10-/t23-,24-,25-,27-,30+,32+,41-/m1/s1. The van der Waals surface area contributed by atoms with Gasteiger partial charge in [-0.25, -0.2) is 31.4 Å². The molecule has 0 unspecified atom stereocenters. The second kappa shape index (κ2) is 16.1. The van der Waals surface area contributed by atoms with Gasteiger partial charge >= 0.3 is 6.09 Å². The minimum Gasteiger partial charge on any atom is -0.496 e. The number of carbonyl (C=O) groups excluding carboxylic acids is 4. The van der Waals surface area contributed by atoms with Crippen LogP contribution in [0.25, 0.3) is 10.8 Å². The first kappa shape index (κ1) is 44.0. The Morgan fingerprint density at radius 3 is 2.46 bits per heavy atom. The van der Waals surface area contributed by atoms with Gasteiger partial charge in [0.05, 0.1) is 23.8 Å². The number of hydrogen-bond acceptors (Lipinski definition) is 10. The van der Waals surface area contributed by atoms with Gasteiger partial charge in [0.25, 0.3) is 11.8 Å². The van der Waals surface area contributed by atoms with E-state index in [1.807, 2.05) is 13.0 Å². The fourth-order valence-electron chi connectivity index (χ4n) is 8.18. The zero-order chi connectivity index (χ0) is 43.3. The van der Waals surface area contributed by atoms with E-state index in [1.54, 1.807) is 26.0 Å². The highest BCUT2D eigenvalue weighted by Gasteiger charge is 2.63. The highest BCUT2D eigenvalue weighted by molar-refractivity contribution is 7.91. The molecule has 0 bridgehead atoms. The normalized spacial score (nSPS) is 29.2. The van der Waals surface area contributed by atoms with Crippen molar-refractivity contribution in [1.82, 2.24) is 25.2 Å². The zero-order valence-corrected chi connectivity index (χ0v) is 35.2. The first-order chi connectivity index (χ1) is 27.6. The Morgan fingerprint density at radius 2 is 1.81 bits per heavy atom. The molecule has 59 heavy (non-hydrogen) atoms. The number of ether oxygens (including phenoxy) is 3.